The van der Waals surface area contributed by atoms with Gasteiger partial charge in [0.2, 0.25) is 5.89 Å². The molecule has 0 aliphatic rings. The highest BCUT2D eigenvalue weighted by Crippen LogP contribution is 2.09. The van der Waals surface area contributed by atoms with E-state index >= 15 is 0 Å². The van der Waals surface area contributed by atoms with E-state index in [4.69, 9.17) is 14.5 Å². The molecular weight excluding hydrogens is 210 g/mol. The Morgan fingerprint density at radius 1 is 1.69 bits per heavy atom. The lowest BCUT2D eigenvalue weighted by Gasteiger charge is -2.00. The number of carbonyl (C=O) groups is 1. The van der Waals surface area contributed by atoms with E-state index in [2.05, 4.69) is 16.2 Å². The van der Waals surface area contributed by atoms with Crippen LogP contribution in [-0.4, -0.2) is 22.7 Å². The van der Waals surface area contributed by atoms with Crippen LogP contribution in [0.15, 0.2) is 4.52 Å². The first kappa shape index (κ1) is 12.2. The summed E-state index contributed by atoms with van der Waals surface area (Å²) in [6.45, 7) is 3.87. The topological polar surface area (TPSA) is 89.0 Å². The van der Waals surface area contributed by atoms with Crippen LogP contribution in [0.2, 0.25) is 0 Å². The summed E-state index contributed by atoms with van der Waals surface area (Å²) in [4.78, 5) is 15.1. The highest BCUT2D eigenvalue weighted by molar-refractivity contribution is 5.84. The van der Waals surface area contributed by atoms with Gasteiger partial charge in [-0.15, -0.1) is 0 Å². The number of hydrogen-bond donors (Lipinski definition) is 0. The predicted molar refractivity (Wildman–Crippen MR) is 53.4 cm³/mol. The zero-order chi connectivity index (χ0) is 12.0. The summed E-state index contributed by atoms with van der Waals surface area (Å²) in [6.07, 6.45) is 0.900. The van der Waals surface area contributed by atoms with Gasteiger partial charge < -0.3 is 9.26 Å². The van der Waals surface area contributed by atoms with E-state index in [9.17, 15) is 4.79 Å². The van der Waals surface area contributed by atoms with Gasteiger partial charge in [0.1, 0.15) is 0 Å². The van der Waals surface area contributed by atoms with Crippen LogP contribution in [0, 0.1) is 17.2 Å². The smallest absolute Gasteiger partial charge is 0.379 e. The monoisotopic (exact) mass is 223 g/mol. The lowest BCUT2D eigenvalue weighted by molar-refractivity contribution is 0.0508. The summed E-state index contributed by atoms with van der Waals surface area (Å²) in [7, 11) is 0. The normalized spacial score (nSPS) is 11.8. The zero-order valence-electron chi connectivity index (χ0n) is 9.27. The second-order valence-corrected chi connectivity index (χ2v) is 3.40. The van der Waals surface area contributed by atoms with E-state index < -0.39 is 5.97 Å². The molecule has 1 unspecified atom stereocenters. The average molecular weight is 223 g/mol. The van der Waals surface area contributed by atoms with E-state index in [0.29, 0.717) is 18.7 Å². The van der Waals surface area contributed by atoms with E-state index in [-0.39, 0.29) is 18.3 Å². The van der Waals surface area contributed by atoms with Gasteiger partial charge in [0, 0.05) is 12.8 Å². The zero-order valence-corrected chi connectivity index (χ0v) is 9.27. The van der Waals surface area contributed by atoms with Crippen molar-refractivity contribution in [1.82, 2.24) is 10.1 Å². The maximum atomic E-state index is 11.2. The van der Waals surface area contributed by atoms with Gasteiger partial charge in [0.05, 0.1) is 12.7 Å². The molecule has 6 heteroatoms. The molecule has 0 fully saturated rings. The lowest BCUT2D eigenvalue weighted by atomic mass is 10.1. The Balaban J connectivity index is 2.58. The predicted octanol–water partition coefficient (Wildman–Crippen LogP) is 1.34. The van der Waals surface area contributed by atoms with Gasteiger partial charge in [-0.1, -0.05) is 6.92 Å². The second kappa shape index (κ2) is 5.85. The largest absolute Gasteiger partial charge is 0.460 e. The van der Waals surface area contributed by atoms with Crippen LogP contribution >= 0.6 is 0 Å². The number of carbonyl (C=O) groups excluding carboxylic acids is 1. The van der Waals surface area contributed by atoms with Crippen molar-refractivity contribution in [3.8, 4) is 6.07 Å². The third kappa shape index (κ3) is 3.35. The number of ether oxygens (including phenoxy) is 1. The van der Waals surface area contributed by atoms with Gasteiger partial charge in [-0.2, -0.15) is 10.2 Å². The van der Waals surface area contributed by atoms with Crippen LogP contribution in [-0.2, 0) is 11.2 Å². The molecule has 0 aliphatic carbocycles. The van der Waals surface area contributed by atoms with Crippen molar-refractivity contribution in [3.05, 3.63) is 11.7 Å². The van der Waals surface area contributed by atoms with Gasteiger partial charge in [-0.05, 0) is 18.0 Å². The summed E-state index contributed by atoms with van der Waals surface area (Å²) in [5.74, 6) is -0.183. The highest BCUT2D eigenvalue weighted by atomic mass is 16.5. The number of nitriles is 1. The maximum Gasteiger partial charge on any atom is 0.379 e. The molecule has 0 saturated heterocycles. The molecule has 0 saturated carbocycles. The third-order valence-corrected chi connectivity index (χ3v) is 1.89. The average Bonchev–Trinajstić information content (AvgIpc) is 2.67. The van der Waals surface area contributed by atoms with Crippen molar-refractivity contribution in [2.45, 2.75) is 26.7 Å². The summed E-state index contributed by atoms with van der Waals surface area (Å²) in [5, 5.41) is 12.0. The van der Waals surface area contributed by atoms with Crippen LogP contribution < -0.4 is 0 Å². The fourth-order valence-corrected chi connectivity index (χ4v) is 1.14. The number of aromatic nitrogens is 2. The van der Waals surface area contributed by atoms with Crippen molar-refractivity contribution in [1.29, 1.82) is 5.26 Å². The standard InChI is InChI=1S/C10H13N3O3/c1-3-15-10(14)9-12-8(16-13-9)6-7(2)4-5-11/h7H,3-4,6H2,1-2H3. The van der Waals surface area contributed by atoms with E-state index in [1.807, 2.05) is 6.92 Å². The summed E-state index contributed by atoms with van der Waals surface area (Å²) >= 11 is 0. The van der Waals surface area contributed by atoms with Crippen molar-refractivity contribution < 1.29 is 14.1 Å². The van der Waals surface area contributed by atoms with Crippen LogP contribution in [0.1, 0.15) is 36.8 Å². The van der Waals surface area contributed by atoms with Gasteiger partial charge in [-0.3, -0.25) is 0 Å². The molecule has 1 aromatic heterocycles. The van der Waals surface area contributed by atoms with Crippen molar-refractivity contribution in [2.75, 3.05) is 6.61 Å². The van der Waals surface area contributed by atoms with Crippen molar-refractivity contribution in [3.63, 3.8) is 0 Å². The van der Waals surface area contributed by atoms with E-state index in [1.54, 1.807) is 6.92 Å². The first-order valence-corrected chi connectivity index (χ1v) is 5.04. The molecule has 6 nitrogen and oxygen atoms in total. The Labute approximate surface area is 93.2 Å². The fraction of sp³-hybridized carbons (Fsp3) is 0.600. The number of nitrogens with zero attached hydrogens (tertiary/aromatic N) is 3. The SMILES string of the molecule is CCOC(=O)c1noc(CC(C)CC#N)n1. The van der Waals surface area contributed by atoms with Crippen molar-refractivity contribution in [2.24, 2.45) is 5.92 Å². The minimum absolute atomic E-state index is 0.0685. The van der Waals surface area contributed by atoms with Gasteiger partial charge in [-0.25, -0.2) is 4.79 Å². The quantitative estimate of drug-likeness (QED) is 0.700. The molecule has 16 heavy (non-hydrogen) atoms. The summed E-state index contributed by atoms with van der Waals surface area (Å²) < 4.78 is 9.60. The van der Waals surface area contributed by atoms with Gasteiger partial charge in [0.25, 0.3) is 5.82 Å². The molecule has 0 N–H and O–H groups in total. The second-order valence-electron chi connectivity index (χ2n) is 3.40. The van der Waals surface area contributed by atoms with E-state index in [0.717, 1.165) is 0 Å². The van der Waals surface area contributed by atoms with E-state index in [1.165, 1.54) is 0 Å². The molecule has 1 aromatic rings. The number of hydrogen-bond acceptors (Lipinski definition) is 6. The number of esters is 1. The molecular formula is C10H13N3O3. The third-order valence-electron chi connectivity index (χ3n) is 1.89. The van der Waals surface area contributed by atoms with Crippen LogP contribution in [0.3, 0.4) is 0 Å². The number of rotatable bonds is 5. The molecule has 0 aliphatic heterocycles. The Hall–Kier alpha value is -1.90. The first-order valence-electron chi connectivity index (χ1n) is 5.04. The lowest BCUT2D eigenvalue weighted by Crippen LogP contribution is -2.07. The summed E-state index contributed by atoms with van der Waals surface area (Å²) in [6, 6.07) is 2.06. The minimum Gasteiger partial charge on any atom is -0.460 e. The van der Waals surface area contributed by atoms with Crippen molar-refractivity contribution >= 4 is 5.97 Å². The molecule has 1 heterocycles. The molecule has 0 bridgehead atoms. The Bertz CT molecular complexity index is 394. The van der Waals surface area contributed by atoms with Crippen LogP contribution in [0.25, 0.3) is 0 Å². The maximum absolute atomic E-state index is 11.2. The molecule has 1 rings (SSSR count). The molecule has 86 valence electrons. The Morgan fingerprint density at radius 3 is 3.06 bits per heavy atom. The molecule has 0 amide bonds. The Kier molecular flexibility index (Phi) is 4.45. The molecule has 1 atom stereocenters. The highest BCUT2D eigenvalue weighted by Gasteiger charge is 2.16. The van der Waals surface area contributed by atoms with Gasteiger partial charge >= 0.3 is 5.97 Å². The Morgan fingerprint density at radius 2 is 2.44 bits per heavy atom. The van der Waals surface area contributed by atoms with Crippen LogP contribution in [0.4, 0.5) is 0 Å². The molecule has 0 aromatic carbocycles. The molecule has 0 spiro atoms. The summed E-state index contributed by atoms with van der Waals surface area (Å²) in [5.41, 5.74) is 0. The van der Waals surface area contributed by atoms with Crippen LogP contribution in [0.5, 0.6) is 0 Å². The minimum atomic E-state index is -0.592. The molecule has 0 radical (unpaired) electrons. The fourth-order valence-electron chi connectivity index (χ4n) is 1.14. The van der Waals surface area contributed by atoms with Gasteiger partial charge in [0.15, 0.2) is 0 Å². The first-order chi connectivity index (χ1) is 7.67.